The van der Waals surface area contributed by atoms with Crippen LogP contribution < -0.4 is 0 Å². The lowest BCUT2D eigenvalue weighted by molar-refractivity contribution is -0.144. The van der Waals surface area contributed by atoms with Gasteiger partial charge in [0.1, 0.15) is 0 Å². The van der Waals surface area contributed by atoms with Gasteiger partial charge < -0.3 is 14.5 Å². The van der Waals surface area contributed by atoms with Gasteiger partial charge in [0.2, 0.25) is 11.8 Å². The van der Waals surface area contributed by atoms with Gasteiger partial charge in [0, 0.05) is 44.7 Å². The van der Waals surface area contributed by atoms with Crippen molar-refractivity contribution in [3.05, 3.63) is 0 Å². The number of hydrogen-bond donors (Lipinski definition) is 0. The number of piperidine rings is 2. The van der Waals surface area contributed by atoms with Crippen LogP contribution in [0.15, 0.2) is 0 Å². The standard InChI is InChI=1S/C18H29N3O3/c22-17(13-21-12-14-1-2-16(21)11-14)19-5-3-15(4-6-19)18(23)20-7-9-24-10-8-20/h14-16H,1-13H2/t14-,16+/m1/s1. The molecule has 3 aliphatic heterocycles. The molecule has 0 aromatic carbocycles. The highest BCUT2D eigenvalue weighted by molar-refractivity contribution is 5.81. The van der Waals surface area contributed by atoms with Crippen LogP contribution in [0.2, 0.25) is 0 Å². The van der Waals surface area contributed by atoms with E-state index in [0.717, 1.165) is 51.5 Å². The molecule has 4 rings (SSSR count). The smallest absolute Gasteiger partial charge is 0.236 e. The number of amides is 2. The van der Waals surface area contributed by atoms with Crippen molar-refractivity contribution in [2.24, 2.45) is 11.8 Å². The van der Waals surface area contributed by atoms with Crippen molar-refractivity contribution in [3.63, 3.8) is 0 Å². The number of likely N-dealkylation sites (tertiary alicyclic amines) is 2. The summed E-state index contributed by atoms with van der Waals surface area (Å²) in [7, 11) is 0. The van der Waals surface area contributed by atoms with E-state index in [2.05, 4.69) is 4.90 Å². The van der Waals surface area contributed by atoms with Crippen LogP contribution in [0.1, 0.15) is 32.1 Å². The van der Waals surface area contributed by atoms with Gasteiger partial charge in [0.15, 0.2) is 0 Å². The molecule has 134 valence electrons. The Bertz CT molecular complexity index is 484. The minimum atomic E-state index is 0.0925. The number of hydrogen-bond acceptors (Lipinski definition) is 4. The van der Waals surface area contributed by atoms with Crippen LogP contribution in [0.5, 0.6) is 0 Å². The van der Waals surface area contributed by atoms with Gasteiger partial charge in [-0.2, -0.15) is 0 Å². The molecular weight excluding hydrogens is 306 g/mol. The fraction of sp³-hybridized carbons (Fsp3) is 0.889. The van der Waals surface area contributed by atoms with Gasteiger partial charge in [-0.25, -0.2) is 0 Å². The van der Waals surface area contributed by atoms with Crippen LogP contribution in [0.3, 0.4) is 0 Å². The predicted molar refractivity (Wildman–Crippen MR) is 89.4 cm³/mol. The average Bonchev–Trinajstić information content (AvgIpc) is 3.25. The van der Waals surface area contributed by atoms with Crippen molar-refractivity contribution < 1.29 is 14.3 Å². The van der Waals surface area contributed by atoms with E-state index in [-0.39, 0.29) is 17.7 Å². The summed E-state index contributed by atoms with van der Waals surface area (Å²) in [5.41, 5.74) is 0. The minimum absolute atomic E-state index is 0.0925. The SMILES string of the molecule is O=C(CN1C[C@@H]2CC[C@H]1C2)N1CCC(C(=O)N2CCOCC2)CC1. The molecule has 6 heteroatoms. The zero-order valence-electron chi connectivity index (χ0n) is 14.5. The Hall–Kier alpha value is -1.14. The van der Waals surface area contributed by atoms with Crippen molar-refractivity contribution in [1.29, 1.82) is 0 Å². The Labute approximate surface area is 144 Å². The zero-order chi connectivity index (χ0) is 16.5. The van der Waals surface area contributed by atoms with Gasteiger partial charge in [-0.1, -0.05) is 0 Å². The maximum atomic E-state index is 12.6. The summed E-state index contributed by atoms with van der Waals surface area (Å²) < 4.78 is 5.32. The van der Waals surface area contributed by atoms with Crippen LogP contribution in [0.4, 0.5) is 0 Å². The van der Waals surface area contributed by atoms with Crippen molar-refractivity contribution in [2.45, 2.75) is 38.1 Å². The Morgan fingerprint density at radius 3 is 2.29 bits per heavy atom. The number of ether oxygens (including phenoxy) is 1. The first-order valence-electron chi connectivity index (χ1n) is 9.59. The summed E-state index contributed by atoms with van der Waals surface area (Å²) in [6.45, 7) is 5.92. The summed E-state index contributed by atoms with van der Waals surface area (Å²) in [4.78, 5) is 31.4. The van der Waals surface area contributed by atoms with Crippen molar-refractivity contribution in [2.75, 3.05) is 52.5 Å². The molecule has 0 radical (unpaired) electrons. The second kappa shape index (κ2) is 7.00. The topological polar surface area (TPSA) is 53.1 Å². The second-order valence-corrected chi connectivity index (χ2v) is 7.86. The summed E-state index contributed by atoms with van der Waals surface area (Å²) >= 11 is 0. The maximum Gasteiger partial charge on any atom is 0.236 e. The van der Waals surface area contributed by atoms with Gasteiger partial charge >= 0.3 is 0 Å². The summed E-state index contributed by atoms with van der Waals surface area (Å²) in [6, 6.07) is 0.652. The zero-order valence-corrected chi connectivity index (χ0v) is 14.5. The molecule has 0 N–H and O–H groups in total. The summed E-state index contributed by atoms with van der Waals surface area (Å²) in [5, 5.41) is 0. The van der Waals surface area contributed by atoms with E-state index in [0.29, 0.717) is 25.8 Å². The van der Waals surface area contributed by atoms with Crippen molar-refractivity contribution >= 4 is 11.8 Å². The van der Waals surface area contributed by atoms with Gasteiger partial charge in [-0.15, -0.1) is 0 Å². The third-order valence-corrected chi connectivity index (χ3v) is 6.38. The molecule has 24 heavy (non-hydrogen) atoms. The number of carbonyl (C=O) groups excluding carboxylic acids is 2. The first-order chi connectivity index (χ1) is 11.7. The van der Waals surface area contributed by atoms with E-state index >= 15 is 0 Å². The van der Waals surface area contributed by atoms with Crippen molar-refractivity contribution in [1.82, 2.24) is 14.7 Å². The Balaban J connectivity index is 1.23. The largest absolute Gasteiger partial charge is 0.378 e. The molecule has 4 aliphatic rings. The van der Waals surface area contributed by atoms with Crippen molar-refractivity contribution in [3.8, 4) is 0 Å². The number of rotatable bonds is 3. The fourth-order valence-electron chi connectivity index (χ4n) is 4.91. The molecule has 0 spiro atoms. The van der Waals surface area contributed by atoms with Gasteiger partial charge in [0.25, 0.3) is 0 Å². The Morgan fingerprint density at radius 2 is 1.67 bits per heavy atom. The molecule has 2 atom stereocenters. The number of fused-ring (bicyclic) bond motifs is 2. The Kier molecular flexibility index (Phi) is 4.77. The Morgan fingerprint density at radius 1 is 0.917 bits per heavy atom. The van der Waals surface area contributed by atoms with E-state index in [4.69, 9.17) is 4.74 Å². The van der Waals surface area contributed by atoms with Crippen LogP contribution in [0, 0.1) is 11.8 Å². The third kappa shape index (κ3) is 3.31. The molecule has 0 unspecified atom stereocenters. The minimum Gasteiger partial charge on any atom is -0.378 e. The lowest BCUT2D eigenvalue weighted by atomic mass is 9.95. The number of nitrogens with zero attached hydrogens (tertiary/aromatic N) is 3. The lowest BCUT2D eigenvalue weighted by Crippen LogP contribution is -2.49. The summed E-state index contributed by atoms with van der Waals surface area (Å²) in [5.74, 6) is 1.46. The average molecular weight is 335 g/mol. The molecule has 1 aliphatic carbocycles. The summed E-state index contributed by atoms with van der Waals surface area (Å²) in [6.07, 6.45) is 5.55. The highest BCUT2D eigenvalue weighted by atomic mass is 16.5. The van der Waals surface area contributed by atoms with E-state index in [1.807, 2.05) is 9.80 Å². The molecule has 0 aromatic rings. The van der Waals surface area contributed by atoms with Crippen LogP contribution in [-0.4, -0.2) is 85.0 Å². The molecule has 3 saturated heterocycles. The highest BCUT2D eigenvalue weighted by Gasteiger charge is 2.39. The van der Waals surface area contributed by atoms with Gasteiger partial charge in [-0.3, -0.25) is 14.5 Å². The first-order valence-corrected chi connectivity index (χ1v) is 9.59. The number of carbonyl (C=O) groups is 2. The van der Waals surface area contributed by atoms with Gasteiger partial charge in [0.05, 0.1) is 19.8 Å². The molecule has 2 amide bonds. The highest BCUT2D eigenvalue weighted by Crippen LogP contribution is 2.37. The molecule has 0 aromatic heterocycles. The van der Waals surface area contributed by atoms with E-state index in [1.54, 1.807) is 0 Å². The molecule has 6 nitrogen and oxygen atoms in total. The molecule has 2 bridgehead atoms. The maximum absolute atomic E-state index is 12.6. The molecular formula is C18H29N3O3. The predicted octanol–water partition coefficient (Wildman–Crippen LogP) is 0.568. The van der Waals surface area contributed by atoms with Crippen LogP contribution in [-0.2, 0) is 14.3 Å². The van der Waals surface area contributed by atoms with E-state index in [9.17, 15) is 9.59 Å². The monoisotopic (exact) mass is 335 g/mol. The fourth-order valence-corrected chi connectivity index (χ4v) is 4.91. The third-order valence-electron chi connectivity index (χ3n) is 6.38. The van der Waals surface area contributed by atoms with Gasteiger partial charge in [-0.05, 0) is 38.0 Å². The van der Waals surface area contributed by atoms with E-state index in [1.165, 1.54) is 19.3 Å². The lowest BCUT2D eigenvalue weighted by Gasteiger charge is -2.36. The normalized spacial score (nSPS) is 31.7. The molecule has 4 fully saturated rings. The quantitative estimate of drug-likeness (QED) is 0.757. The van der Waals surface area contributed by atoms with Crippen LogP contribution >= 0.6 is 0 Å². The molecule has 3 heterocycles. The number of morpholine rings is 1. The van der Waals surface area contributed by atoms with Crippen LogP contribution in [0.25, 0.3) is 0 Å². The molecule has 1 saturated carbocycles. The second-order valence-electron chi connectivity index (χ2n) is 7.86. The first kappa shape index (κ1) is 16.3. The van der Waals surface area contributed by atoms with E-state index < -0.39 is 0 Å².